The number of rotatable bonds is 4. The van der Waals surface area contributed by atoms with Crippen LogP contribution in [0.3, 0.4) is 0 Å². The molecular formula is C19H25N5O. The zero-order chi connectivity index (χ0) is 17.2. The molecule has 1 aromatic carbocycles. The average Bonchev–Trinajstić information content (AvgIpc) is 3.02. The number of likely N-dealkylation sites (tertiary alicyclic amines) is 1. The molecule has 1 aromatic heterocycles. The molecule has 6 nitrogen and oxygen atoms in total. The van der Waals surface area contributed by atoms with Gasteiger partial charge in [-0.3, -0.25) is 5.41 Å². The van der Waals surface area contributed by atoms with Gasteiger partial charge >= 0.3 is 0 Å². The van der Waals surface area contributed by atoms with Gasteiger partial charge in [0, 0.05) is 13.1 Å². The highest BCUT2D eigenvalue weighted by atomic mass is 16.3. The molecule has 0 spiro atoms. The van der Waals surface area contributed by atoms with E-state index in [9.17, 15) is 5.11 Å². The summed E-state index contributed by atoms with van der Waals surface area (Å²) in [4.78, 5) is 12.2. The highest BCUT2D eigenvalue weighted by molar-refractivity contribution is 6.23. The summed E-state index contributed by atoms with van der Waals surface area (Å²) in [5.41, 5.74) is 2.31. The van der Waals surface area contributed by atoms with Crippen molar-refractivity contribution in [2.24, 2.45) is 0 Å². The summed E-state index contributed by atoms with van der Waals surface area (Å²) >= 11 is 0. The first-order valence-electron chi connectivity index (χ1n) is 9.16. The molecule has 132 valence electrons. The van der Waals surface area contributed by atoms with E-state index in [0.29, 0.717) is 23.8 Å². The zero-order valence-electron chi connectivity index (χ0n) is 14.5. The monoisotopic (exact) mass is 339 g/mol. The molecule has 2 aliphatic heterocycles. The van der Waals surface area contributed by atoms with Crippen LogP contribution in [0.15, 0.2) is 30.0 Å². The molecule has 0 aliphatic carbocycles. The van der Waals surface area contributed by atoms with Gasteiger partial charge < -0.3 is 19.9 Å². The second-order valence-electron chi connectivity index (χ2n) is 6.95. The Kier molecular flexibility index (Phi) is 4.44. The lowest BCUT2D eigenvalue weighted by Crippen LogP contribution is -2.37. The number of aromatic amines is 1. The minimum absolute atomic E-state index is 0.236. The number of imidazole rings is 1. The molecule has 0 amide bonds. The molecule has 6 heteroatoms. The van der Waals surface area contributed by atoms with Crippen molar-refractivity contribution >= 4 is 22.4 Å². The predicted molar refractivity (Wildman–Crippen MR) is 99.9 cm³/mol. The fraction of sp³-hybridized carbons (Fsp3) is 0.474. The highest BCUT2D eigenvalue weighted by Gasteiger charge is 2.30. The van der Waals surface area contributed by atoms with Crippen molar-refractivity contribution in [3.05, 3.63) is 35.8 Å². The largest absolute Gasteiger partial charge is 0.510 e. The topological polar surface area (TPSA) is 79.2 Å². The van der Waals surface area contributed by atoms with Crippen molar-refractivity contribution < 1.29 is 5.11 Å². The highest BCUT2D eigenvalue weighted by Crippen LogP contribution is 2.27. The second kappa shape index (κ2) is 6.88. The Morgan fingerprint density at radius 2 is 1.84 bits per heavy atom. The van der Waals surface area contributed by atoms with Crippen LogP contribution in [-0.4, -0.2) is 63.4 Å². The number of fused-ring (bicyclic) bond motifs is 1. The van der Waals surface area contributed by atoms with E-state index >= 15 is 0 Å². The molecule has 0 radical (unpaired) electrons. The molecule has 0 atom stereocenters. The van der Waals surface area contributed by atoms with Crippen LogP contribution < -0.4 is 0 Å². The molecule has 2 aliphatic rings. The normalized spacial score (nSPS) is 19.8. The summed E-state index contributed by atoms with van der Waals surface area (Å²) in [7, 11) is 0. The van der Waals surface area contributed by atoms with Gasteiger partial charge in [-0.05, 0) is 38.1 Å². The molecule has 4 rings (SSSR count). The van der Waals surface area contributed by atoms with Crippen molar-refractivity contribution in [3.63, 3.8) is 0 Å². The minimum atomic E-state index is 0.236. The maximum Gasteiger partial charge on any atom is 0.145 e. The maximum atomic E-state index is 10.4. The Labute approximate surface area is 147 Å². The van der Waals surface area contributed by atoms with E-state index < -0.39 is 0 Å². The summed E-state index contributed by atoms with van der Waals surface area (Å²) in [6, 6.07) is 7.78. The van der Waals surface area contributed by atoms with Crippen LogP contribution in [-0.2, 0) is 0 Å². The van der Waals surface area contributed by atoms with Gasteiger partial charge in [0.05, 0.1) is 23.2 Å². The van der Waals surface area contributed by atoms with Crippen molar-refractivity contribution in [1.29, 1.82) is 5.41 Å². The van der Waals surface area contributed by atoms with Crippen molar-refractivity contribution in [1.82, 2.24) is 19.8 Å². The number of hydrogen-bond donors (Lipinski definition) is 3. The Morgan fingerprint density at radius 1 is 1.08 bits per heavy atom. The van der Waals surface area contributed by atoms with Gasteiger partial charge in [-0.15, -0.1) is 0 Å². The molecule has 3 heterocycles. The smallest absolute Gasteiger partial charge is 0.145 e. The number of amidine groups is 1. The SMILES string of the molecule is N=C1C(c2nc3ccccc3[nH]2)=C(O)CN1CCN1CCCCCC1. The quantitative estimate of drug-likeness (QED) is 0.800. The number of benzene rings is 1. The number of aromatic nitrogens is 2. The summed E-state index contributed by atoms with van der Waals surface area (Å²) in [5, 5.41) is 18.9. The second-order valence-corrected chi connectivity index (χ2v) is 6.95. The van der Waals surface area contributed by atoms with Gasteiger partial charge in [0.25, 0.3) is 0 Å². The Hall–Kier alpha value is -2.34. The average molecular weight is 339 g/mol. The number of hydrogen-bond acceptors (Lipinski definition) is 4. The number of aliphatic hydroxyl groups is 1. The van der Waals surface area contributed by atoms with Gasteiger partial charge in [0.1, 0.15) is 17.4 Å². The van der Waals surface area contributed by atoms with Gasteiger partial charge in [0.2, 0.25) is 0 Å². The number of nitrogens with zero attached hydrogens (tertiary/aromatic N) is 3. The van der Waals surface area contributed by atoms with E-state index in [1.54, 1.807) is 0 Å². The van der Waals surface area contributed by atoms with Crippen LogP contribution >= 0.6 is 0 Å². The predicted octanol–water partition coefficient (Wildman–Crippen LogP) is 3.00. The van der Waals surface area contributed by atoms with E-state index in [1.165, 1.54) is 25.7 Å². The molecule has 2 aromatic rings. The standard InChI is InChI=1S/C19H25N5O/c20-18-17(19-21-14-7-3-4-8-15(14)22-19)16(25)13-24(18)12-11-23-9-5-1-2-6-10-23/h3-4,7-8,20,25H,1-2,5-6,9-13H2,(H,21,22). The molecule has 1 saturated heterocycles. The van der Waals surface area contributed by atoms with Crippen LogP contribution in [0.2, 0.25) is 0 Å². The molecule has 0 bridgehead atoms. The maximum absolute atomic E-state index is 10.4. The number of H-pyrrole nitrogens is 1. The Morgan fingerprint density at radius 3 is 2.60 bits per heavy atom. The van der Waals surface area contributed by atoms with Crippen LogP contribution in [0.4, 0.5) is 0 Å². The number of aliphatic hydroxyl groups excluding tert-OH is 1. The van der Waals surface area contributed by atoms with E-state index in [4.69, 9.17) is 5.41 Å². The van der Waals surface area contributed by atoms with Gasteiger partial charge in [-0.1, -0.05) is 25.0 Å². The van der Waals surface area contributed by atoms with Crippen LogP contribution in [0.25, 0.3) is 16.6 Å². The van der Waals surface area contributed by atoms with E-state index in [0.717, 1.165) is 37.2 Å². The first-order chi connectivity index (χ1) is 12.2. The lowest BCUT2D eigenvalue weighted by molar-refractivity contribution is 0.252. The van der Waals surface area contributed by atoms with Gasteiger partial charge in [0.15, 0.2) is 0 Å². The Balaban J connectivity index is 1.45. The molecular weight excluding hydrogens is 314 g/mol. The summed E-state index contributed by atoms with van der Waals surface area (Å²) in [6.07, 6.45) is 5.19. The van der Waals surface area contributed by atoms with E-state index in [2.05, 4.69) is 14.9 Å². The first-order valence-corrected chi connectivity index (χ1v) is 9.16. The number of para-hydroxylation sites is 2. The minimum Gasteiger partial charge on any atom is -0.510 e. The summed E-state index contributed by atoms with van der Waals surface area (Å²) < 4.78 is 0. The zero-order valence-corrected chi connectivity index (χ0v) is 14.5. The lowest BCUT2D eigenvalue weighted by Gasteiger charge is -2.25. The third-order valence-corrected chi connectivity index (χ3v) is 5.19. The van der Waals surface area contributed by atoms with Crippen LogP contribution in [0, 0.1) is 5.41 Å². The van der Waals surface area contributed by atoms with E-state index in [1.807, 2.05) is 29.2 Å². The Bertz CT molecular complexity index is 768. The summed E-state index contributed by atoms with van der Waals surface area (Å²) in [6.45, 7) is 4.42. The molecule has 25 heavy (non-hydrogen) atoms. The van der Waals surface area contributed by atoms with Crippen molar-refractivity contribution in [2.45, 2.75) is 25.7 Å². The van der Waals surface area contributed by atoms with Gasteiger partial charge in [-0.25, -0.2) is 4.98 Å². The number of nitrogens with one attached hydrogen (secondary N) is 2. The molecule has 0 unspecified atom stereocenters. The molecule has 0 saturated carbocycles. The summed E-state index contributed by atoms with van der Waals surface area (Å²) in [5.74, 6) is 1.19. The van der Waals surface area contributed by atoms with E-state index in [-0.39, 0.29) is 5.76 Å². The van der Waals surface area contributed by atoms with Crippen molar-refractivity contribution in [3.8, 4) is 0 Å². The fourth-order valence-corrected chi connectivity index (χ4v) is 3.77. The third-order valence-electron chi connectivity index (χ3n) is 5.19. The lowest BCUT2D eigenvalue weighted by atomic mass is 10.2. The van der Waals surface area contributed by atoms with Crippen molar-refractivity contribution in [2.75, 3.05) is 32.7 Å². The van der Waals surface area contributed by atoms with Crippen LogP contribution in [0.5, 0.6) is 0 Å². The van der Waals surface area contributed by atoms with Crippen LogP contribution in [0.1, 0.15) is 31.5 Å². The molecule has 1 fully saturated rings. The fourth-order valence-electron chi connectivity index (χ4n) is 3.77. The first kappa shape index (κ1) is 16.1. The third kappa shape index (κ3) is 3.26. The molecule has 3 N–H and O–H groups in total. The van der Waals surface area contributed by atoms with Gasteiger partial charge in [-0.2, -0.15) is 0 Å².